The molecule has 0 fully saturated rings. The lowest BCUT2D eigenvalue weighted by Gasteiger charge is -2.13. The number of thioether (sulfide) groups is 1. The van der Waals surface area contributed by atoms with Gasteiger partial charge in [-0.2, -0.15) is 0 Å². The third-order valence-electron chi connectivity index (χ3n) is 4.09. The van der Waals surface area contributed by atoms with E-state index in [1.807, 2.05) is 6.07 Å². The number of carbonyl (C=O) groups is 1. The predicted molar refractivity (Wildman–Crippen MR) is 118 cm³/mol. The number of nitrogens with zero attached hydrogens (tertiary/aromatic N) is 2. The van der Waals surface area contributed by atoms with Gasteiger partial charge >= 0.3 is 0 Å². The standard InChI is InChI=1S/C20H19Cl2N3O3S/c1-28-10-4-9-25-19(27)14-5-2-3-6-16(14)24-20(25)29-12-18(26)23-17-8-7-13(21)11-15(17)22/h2-3,5-8,11H,4,9-10,12H2,1H3,(H,23,26). The summed E-state index contributed by atoms with van der Waals surface area (Å²) >= 11 is 13.2. The highest BCUT2D eigenvalue weighted by molar-refractivity contribution is 7.99. The predicted octanol–water partition coefficient (Wildman–Crippen LogP) is 4.47. The van der Waals surface area contributed by atoms with E-state index in [9.17, 15) is 9.59 Å². The minimum atomic E-state index is -0.259. The molecule has 6 nitrogen and oxygen atoms in total. The summed E-state index contributed by atoms with van der Waals surface area (Å²) in [6.07, 6.45) is 0.663. The zero-order chi connectivity index (χ0) is 20.8. The fraction of sp³-hybridized carbons (Fsp3) is 0.250. The number of rotatable bonds is 8. The molecule has 1 aromatic heterocycles. The molecule has 0 aliphatic carbocycles. The number of aromatic nitrogens is 2. The number of nitrogens with one attached hydrogen (secondary N) is 1. The summed E-state index contributed by atoms with van der Waals surface area (Å²) in [6.45, 7) is 0.983. The highest BCUT2D eigenvalue weighted by Crippen LogP contribution is 2.26. The average Bonchev–Trinajstić information content (AvgIpc) is 2.70. The van der Waals surface area contributed by atoms with Gasteiger partial charge in [0.25, 0.3) is 5.56 Å². The van der Waals surface area contributed by atoms with Crippen molar-refractivity contribution in [2.75, 3.05) is 24.8 Å². The molecular formula is C20H19Cl2N3O3S. The second-order valence-corrected chi connectivity index (χ2v) is 7.96. The fourth-order valence-electron chi connectivity index (χ4n) is 2.73. The van der Waals surface area contributed by atoms with E-state index in [1.165, 1.54) is 11.8 Å². The summed E-state index contributed by atoms with van der Waals surface area (Å²) in [7, 11) is 1.61. The van der Waals surface area contributed by atoms with Gasteiger partial charge in [-0.05, 0) is 36.8 Å². The highest BCUT2D eigenvalue weighted by atomic mass is 35.5. The molecule has 2 aromatic carbocycles. The van der Waals surface area contributed by atoms with Gasteiger partial charge < -0.3 is 10.1 Å². The zero-order valence-corrected chi connectivity index (χ0v) is 18.0. The molecule has 0 saturated carbocycles. The maximum atomic E-state index is 12.9. The first kappa shape index (κ1) is 21.6. The molecule has 0 spiro atoms. The smallest absolute Gasteiger partial charge is 0.262 e. The summed E-state index contributed by atoms with van der Waals surface area (Å²) in [6, 6.07) is 12.0. The van der Waals surface area contributed by atoms with Gasteiger partial charge in [0, 0.05) is 25.3 Å². The molecular weight excluding hydrogens is 433 g/mol. The van der Waals surface area contributed by atoms with Crippen LogP contribution in [0.1, 0.15) is 6.42 Å². The van der Waals surface area contributed by atoms with Crippen LogP contribution in [0.4, 0.5) is 5.69 Å². The van der Waals surface area contributed by atoms with Crippen molar-refractivity contribution in [3.63, 3.8) is 0 Å². The maximum absolute atomic E-state index is 12.9. The molecule has 3 aromatic rings. The van der Waals surface area contributed by atoms with Crippen LogP contribution >= 0.6 is 35.0 Å². The van der Waals surface area contributed by atoms with E-state index in [1.54, 1.807) is 48.1 Å². The number of carbonyl (C=O) groups excluding carboxylic acids is 1. The minimum Gasteiger partial charge on any atom is -0.385 e. The number of benzene rings is 2. The monoisotopic (exact) mass is 451 g/mol. The molecule has 9 heteroatoms. The van der Waals surface area contributed by atoms with Crippen LogP contribution in [0, 0.1) is 0 Å². The lowest BCUT2D eigenvalue weighted by Crippen LogP contribution is -2.25. The van der Waals surface area contributed by atoms with Crippen LogP contribution in [0.15, 0.2) is 52.4 Å². The van der Waals surface area contributed by atoms with Crippen molar-refractivity contribution in [3.8, 4) is 0 Å². The van der Waals surface area contributed by atoms with Crippen molar-refractivity contribution in [2.45, 2.75) is 18.1 Å². The normalized spacial score (nSPS) is 11.0. The molecule has 1 heterocycles. The fourth-order valence-corrected chi connectivity index (χ4v) is 4.01. The molecule has 0 aliphatic rings. The molecule has 0 bridgehead atoms. The molecule has 0 radical (unpaired) electrons. The Labute approximate surface area is 182 Å². The number of anilines is 1. The van der Waals surface area contributed by atoms with E-state index in [-0.39, 0.29) is 17.2 Å². The van der Waals surface area contributed by atoms with E-state index in [2.05, 4.69) is 10.3 Å². The lowest BCUT2D eigenvalue weighted by atomic mass is 10.2. The van der Waals surface area contributed by atoms with E-state index in [0.717, 1.165) is 0 Å². The Kier molecular flexibility index (Phi) is 7.55. The quantitative estimate of drug-likeness (QED) is 0.310. The summed E-state index contributed by atoms with van der Waals surface area (Å²) < 4.78 is 6.68. The summed E-state index contributed by atoms with van der Waals surface area (Å²) in [4.78, 5) is 29.9. The zero-order valence-electron chi connectivity index (χ0n) is 15.7. The number of fused-ring (bicyclic) bond motifs is 1. The SMILES string of the molecule is COCCCn1c(SCC(=O)Nc2ccc(Cl)cc2Cl)nc2ccccc2c1=O. The van der Waals surface area contributed by atoms with Crippen LogP contribution in [-0.2, 0) is 16.1 Å². The first-order chi connectivity index (χ1) is 14.0. The van der Waals surface area contributed by atoms with Crippen LogP contribution < -0.4 is 10.9 Å². The Morgan fingerprint density at radius 1 is 1.24 bits per heavy atom. The Morgan fingerprint density at radius 3 is 2.79 bits per heavy atom. The Balaban J connectivity index is 1.79. The van der Waals surface area contributed by atoms with Crippen molar-refractivity contribution in [3.05, 3.63) is 62.9 Å². The van der Waals surface area contributed by atoms with Gasteiger partial charge in [0.05, 0.1) is 27.4 Å². The van der Waals surface area contributed by atoms with E-state index in [0.29, 0.717) is 51.4 Å². The first-order valence-corrected chi connectivity index (χ1v) is 10.6. The van der Waals surface area contributed by atoms with Crippen molar-refractivity contribution in [1.82, 2.24) is 9.55 Å². The molecule has 1 N–H and O–H groups in total. The van der Waals surface area contributed by atoms with Crippen molar-refractivity contribution < 1.29 is 9.53 Å². The van der Waals surface area contributed by atoms with Gasteiger partial charge in [0.15, 0.2) is 5.16 Å². The summed E-state index contributed by atoms with van der Waals surface area (Å²) in [5.74, 6) is -0.182. The molecule has 0 aliphatic heterocycles. The van der Waals surface area contributed by atoms with Crippen LogP contribution in [0.25, 0.3) is 10.9 Å². The highest BCUT2D eigenvalue weighted by Gasteiger charge is 2.14. The molecule has 1 amide bonds. The molecule has 0 atom stereocenters. The van der Waals surface area contributed by atoms with Gasteiger partial charge in [-0.3, -0.25) is 14.2 Å². The van der Waals surface area contributed by atoms with Crippen LogP contribution in [0.2, 0.25) is 10.0 Å². The summed E-state index contributed by atoms with van der Waals surface area (Å²) in [5.41, 5.74) is 0.949. The molecule has 0 saturated heterocycles. The van der Waals surface area contributed by atoms with Crippen molar-refractivity contribution in [1.29, 1.82) is 0 Å². The number of hydrogen-bond donors (Lipinski definition) is 1. The van der Waals surface area contributed by atoms with Crippen molar-refractivity contribution >= 4 is 57.5 Å². The average molecular weight is 452 g/mol. The first-order valence-electron chi connectivity index (χ1n) is 8.86. The van der Waals surface area contributed by atoms with E-state index >= 15 is 0 Å². The second-order valence-electron chi connectivity index (χ2n) is 6.18. The molecule has 152 valence electrons. The van der Waals surface area contributed by atoms with Crippen LogP contribution in [-0.4, -0.2) is 34.9 Å². The number of hydrogen-bond acceptors (Lipinski definition) is 5. The summed E-state index contributed by atoms with van der Waals surface area (Å²) in [5, 5.41) is 4.63. The number of halogens is 2. The van der Waals surface area contributed by atoms with E-state index < -0.39 is 0 Å². The minimum absolute atomic E-state index is 0.0774. The number of para-hydroxylation sites is 1. The van der Waals surface area contributed by atoms with Gasteiger partial charge in [-0.1, -0.05) is 47.1 Å². The van der Waals surface area contributed by atoms with Gasteiger partial charge in [0.1, 0.15) is 0 Å². The lowest BCUT2D eigenvalue weighted by molar-refractivity contribution is -0.113. The Bertz CT molecular complexity index is 1090. The van der Waals surface area contributed by atoms with Crippen LogP contribution in [0.3, 0.4) is 0 Å². The number of methoxy groups -OCH3 is 1. The molecule has 3 rings (SSSR count). The number of ether oxygens (including phenoxy) is 1. The van der Waals surface area contributed by atoms with E-state index in [4.69, 9.17) is 27.9 Å². The van der Waals surface area contributed by atoms with Crippen molar-refractivity contribution in [2.24, 2.45) is 0 Å². The third-order valence-corrected chi connectivity index (χ3v) is 5.62. The Hall–Kier alpha value is -2.06. The second kappa shape index (κ2) is 10.1. The molecule has 29 heavy (non-hydrogen) atoms. The number of amides is 1. The van der Waals surface area contributed by atoms with Gasteiger partial charge in [-0.15, -0.1) is 0 Å². The third kappa shape index (κ3) is 5.51. The Morgan fingerprint density at radius 2 is 2.03 bits per heavy atom. The van der Waals surface area contributed by atoms with Gasteiger partial charge in [-0.25, -0.2) is 4.98 Å². The largest absolute Gasteiger partial charge is 0.385 e. The van der Waals surface area contributed by atoms with Gasteiger partial charge in [0.2, 0.25) is 5.91 Å². The molecule has 0 unspecified atom stereocenters. The maximum Gasteiger partial charge on any atom is 0.262 e. The van der Waals surface area contributed by atoms with Crippen LogP contribution in [0.5, 0.6) is 0 Å². The topological polar surface area (TPSA) is 73.2 Å².